The molecule has 120 valence electrons. The maximum Gasteiger partial charge on any atom is 0.241 e. The van der Waals surface area contributed by atoms with Crippen molar-refractivity contribution in [2.24, 2.45) is 0 Å². The second-order valence-electron chi connectivity index (χ2n) is 5.00. The number of nitrogens with zero attached hydrogens (tertiary/aromatic N) is 3. The minimum Gasteiger partial charge on any atom is -0.453 e. The van der Waals surface area contributed by atoms with Crippen LogP contribution in [-0.2, 0) is 24.2 Å². The number of hydrogen-bond acceptors (Lipinski definition) is 4. The Morgan fingerprint density at radius 1 is 1.30 bits per heavy atom. The van der Waals surface area contributed by atoms with Gasteiger partial charge in [-0.1, -0.05) is 13.8 Å². The normalized spacial score (nSPS) is 10.2. The number of ether oxygens (including phenoxy) is 1. The van der Waals surface area contributed by atoms with Crippen LogP contribution in [0.1, 0.15) is 30.8 Å². The van der Waals surface area contributed by atoms with E-state index < -0.39 is 0 Å². The third-order valence-electron chi connectivity index (χ3n) is 3.52. The lowest BCUT2D eigenvalue weighted by Gasteiger charge is -2.09. The Labute approximate surface area is 135 Å². The number of rotatable bonds is 6. The van der Waals surface area contributed by atoms with Gasteiger partial charge in [-0.25, -0.2) is 0 Å². The third kappa shape index (κ3) is 3.69. The van der Waals surface area contributed by atoms with Crippen molar-refractivity contribution in [3.05, 3.63) is 41.2 Å². The second kappa shape index (κ2) is 7.45. The SMILES string of the molecule is CCc1nn(CC(=O)NC)c(CC)c1Oc1ccc(C#N)cc1. The fourth-order valence-electron chi connectivity index (χ4n) is 2.29. The smallest absolute Gasteiger partial charge is 0.241 e. The van der Waals surface area contributed by atoms with E-state index in [9.17, 15) is 4.79 Å². The first-order valence-corrected chi connectivity index (χ1v) is 7.60. The summed E-state index contributed by atoms with van der Waals surface area (Å²) in [5.74, 6) is 1.24. The Bertz CT molecular complexity index is 726. The molecule has 0 spiro atoms. The molecule has 6 nitrogen and oxygen atoms in total. The highest BCUT2D eigenvalue weighted by Gasteiger charge is 2.19. The number of aryl methyl sites for hydroxylation is 1. The molecule has 2 rings (SSSR count). The van der Waals surface area contributed by atoms with Crippen molar-refractivity contribution >= 4 is 5.91 Å². The molecule has 0 bridgehead atoms. The van der Waals surface area contributed by atoms with Gasteiger partial charge < -0.3 is 10.1 Å². The highest BCUT2D eigenvalue weighted by molar-refractivity contribution is 5.75. The van der Waals surface area contributed by atoms with Crippen molar-refractivity contribution in [1.82, 2.24) is 15.1 Å². The van der Waals surface area contributed by atoms with E-state index in [4.69, 9.17) is 10.00 Å². The lowest BCUT2D eigenvalue weighted by molar-refractivity contribution is -0.121. The first kappa shape index (κ1) is 16.6. The van der Waals surface area contributed by atoms with Gasteiger partial charge >= 0.3 is 0 Å². The molecule has 0 aliphatic rings. The Hall–Kier alpha value is -2.81. The average molecular weight is 312 g/mol. The summed E-state index contributed by atoms with van der Waals surface area (Å²) in [6.45, 7) is 4.17. The second-order valence-corrected chi connectivity index (χ2v) is 5.00. The van der Waals surface area contributed by atoms with Gasteiger partial charge in [-0.3, -0.25) is 9.48 Å². The lowest BCUT2D eigenvalue weighted by atomic mass is 10.2. The number of benzene rings is 1. The summed E-state index contributed by atoms with van der Waals surface area (Å²) >= 11 is 0. The standard InChI is InChI=1S/C17H20N4O2/c1-4-14-17(23-13-8-6-12(10-18)7-9-13)15(5-2)21(20-14)11-16(22)19-3/h6-9H,4-5,11H2,1-3H3,(H,19,22). The van der Waals surface area contributed by atoms with Gasteiger partial charge in [-0.05, 0) is 37.1 Å². The van der Waals surface area contributed by atoms with Crippen LogP contribution < -0.4 is 10.1 Å². The minimum absolute atomic E-state index is 0.102. The van der Waals surface area contributed by atoms with Gasteiger partial charge in [0.25, 0.3) is 0 Å². The van der Waals surface area contributed by atoms with Gasteiger partial charge in [-0.2, -0.15) is 10.4 Å². The molecule has 1 aromatic heterocycles. The number of nitriles is 1. The lowest BCUT2D eigenvalue weighted by Crippen LogP contribution is -2.25. The molecule has 0 unspecified atom stereocenters. The summed E-state index contributed by atoms with van der Waals surface area (Å²) in [7, 11) is 1.60. The molecule has 0 aliphatic carbocycles. The van der Waals surface area contributed by atoms with Crippen molar-refractivity contribution in [2.45, 2.75) is 33.2 Å². The van der Waals surface area contributed by atoms with Gasteiger partial charge in [0.15, 0.2) is 5.75 Å². The molecule has 23 heavy (non-hydrogen) atoms. The van der Waals surface area contributed by atoms with Crippen LogP contribution in [0.2, 0.25) is 0 Å². The summed E-state index contributed by atoms with van der Waals surface area (Å²) in [5, 5.41) is 15.9. The van der Waals surface area contributed by atoms with Crippen molar-refractivity contribution in [1.29, 1.82) is 5.26 Å². The first-order valence-electron chi connectivity index (χ1n) is 7.60. The van der Waals surface area contributed by atoms with Crippen molar-refractivity contribution < 1.29 is 9.53 Å². The van der Waals surface area contributed by atoms with E-state index >= 15 is 0 Å². The molecule has 6 heteroatoms. The quantitative estimate of drug-likeness (QED) is 0.888. The van der Waals surface area contributed by atoms with Gasteiger partial charge in [-0.15, -0.1) is 0 Å². The average Bonchev–Trinajstić information content (AvgIpc) is 2.91. The number of amides is 1. The van der Waals surface area contributed by atoms with Gasteiger partial charge in [0.2, 0.25) is 5.91 Å². The Morgan fingerprint density at radius 2 is 2.00 bits per heavy atom. The number of likely N-dealkylation sites (N-methyl/N-ethyl adjacent to an activating group) is 1. The van der Waals surface area contributed by atoms with E-state index in [1.807, 2.05) is 13.8 Å². The highest BCUT2D eigenvalue weighted by Crippen LogP contribution is 2.30. The van der Waals surface area contributed by atoms with Gasteiger partial charge in [0, 0.05) is 7.05 Å². The Morgan fingerprint density at radius 3 is 2.52 bits per heavy atom. The summed E-state index contributed by atoms with van der Waals surface area (Å²) in [5.41, 5.74) is 2.28. The fraction of sp³-hybridized carbons (Fsp3) is 0.353. The number of carbonyl (C=O) groups excluding carboxylic acids is 1. The maximum absolute atomic E-state index is 11.6. The van der Waals surface area contributed by atoms with Crippen LogP contribution in [0.3, 0.4) is 0 Å². The van der Waals surface area contributed by atoms with Crippen LogP contribution in [0.4, 0.5) is 0 Å². The van der Waals surface area contributed by atoms with Crippen molar-refractivity contribution in [2.75, 3.05) is 7.05 Å². The van der Waals surface area contributed by atoms with Gasteiger partial charge in [0.1, 0.15) is 18.0 Å². The molecule has 0 aliphatic heterocycles. The van der Waals surface area contributed by atoms with E-state index in [1.54, 1.807) is 36.0 Å². The third-order valence-corrected chi connectivity index (χ3v) is 3.52. The molecule has 0 saturated heterocycles. The van der Waals surface area contributed by atoms with Crippen LogP contribution >= 0.6 is 0 Å². The highest BCUT2D eigenvalue weighted by atomic mass is 16.5. The molecule has 1 amide bonds. The molecule has 1 aromatic carbocycles. The summed E-state index contributed by atoms with van der Waals surface area (Å²) in [4.78, 5) is 11.6. The van der Waals surface area contributed by atoms with Crippen LogP contribution in [0.15, 0.2) is 24.3 Å². The molecule has 1 heterocycles. The number of hydrogen-bond donors (Lipinski definition) is 1. The van der Waals surface area contributed by atoms with E-state index in [0.717, 1.165) is 11.4 Å². The summed E-state index contributed by atoms with van der Waals surface area (Å²) < 4.78 is 7.68. The van der Waals surface area contributed by atoms with Crippen molar-refractivity contribution in [3.63, 3.8) is 0 Å². The van der Waals surface area contributed by atoms with Crippen LogP contribution in [0, 0.1) is 11.3 Å². The van der Waals surface area contributed by atoms with E-state index in [2.05, 4.69) is 16.5 Å². The topological polar surface area (TPSA) is 79.9 Å². The first-order chi connectivity index (χ1) is 11.1. The molecular weight excluding hydrogens is 292 g/mol. The fourth-order valence-corrected chi connectivity index (χ4v) is 2.29. The molecule has 0 saturated carbocycles. The van der Waals surface area contributed by atoms with E-state index in [-0.39, 0.29) is 12.5 Å². The van der Waals surface area contributed by atoms with Crippen molar-refractivity contribution in [3.8, 4) is 17.6 Å². The number of carbonyl (C=O) groups is 1. The van der Waals surface area contributed by atoms with Crippen LogP contribution in [0.25, 0.3) is 0 Å². The van der Waals surface area contributed by atoms with E-state index in [0.29, 0.717) is 29.9 Å². The number of nitrogens with one attached hydrogen (secondary N) is 1. The molecule has 0 radical (unpaired) electrons. The minimum atomic E-state index is -0.102. The largest absolute Gasteiger partial charge is 0.453 e. The maximum atomic E-state index is 11.6. The predicted molar refractivity (Wildman–Crippen MR) is 86.3 cm³/mol. The Kier molecular flexibility index (Phi) is 5.36. The summed E-state index contributed by atoms with van der Waals surface area (Å²) in [6, 6.07) is 9.01. The zero-order valence-corrected chi connectivity index (χ0v) is 13.6. The Balaban J connectivity index is 2.35. The zero-order valence-electron chi connectivity index (χ0n) is 13.6. The monoisotopic (exact) mass is 312 g/mol. The number of aromatic nitrogens is 2. The molecular formula is C17H20N4O2. The van der Waals surface area contributed by atoms with Crippen LogP contribution in [0.5, 0.6) is 11.5 Å². The molecule has 1 N–H and O–H groups in total. The molecule has 0 fully saturated rings. The van der Waals surface area contributed by atoms with Crippen LogP contribution in [-0.4, -0.2) is 22.7 Å². The molecule has 2 aromatic rings. The van der Waals surface area contributed by atoms with Gasteiger partial charge in [0.05, 0.1) is 17.3 Å². The zero-order chi connectivity index (χ0) is 16.8. The molecule has 0 atom stereocenters. The van der Waals surface area contributed by atoms with E-state index in [1.165, 1.54) is 0 Å². The predicted octanol–water partition coefficient (Wildman–Crippen LogP) is 2.42. The summed E-state index contributed by atoms with van der Waals surface area (Å²) in [6.07, 6.45) is 1.41.